The molecule has 0 heterocycles. The van der Waals surface area contributed by atoms with Crippen molar-refractivity contribution in [1.29, 1.82) is 0 Å². The van der Waals surface area contributed by atoms with Gasteiger partial charge in [-0.25, -0.2) is 0 Å². The molecule has 144 valence electrons. The Hall–Kier alpha value is 2.92. The van der Waals surface area contributed by atoms with E-state index in [1.54, 1.807) is 0 Å². The standard InChI is InChI=1S/C12H6Cl12O/c13-5-1-3-7(15,11(21,22)9(5,17)18)25-8(16)4-2-6(14)10(19,20)12(8,23)24/h1-6H. The van der Waals surface area contributed by atoms with Crippen LogP contribution in [-0.4, -0.2) is 38.2 Å². The van der Waals surface area contributed by atoms with Gasteiger partial charge in [-0.2, -0.15) is 0 Å². The number of allylic oxidation sites excluding steroid dienone is 2. The van der Waals surface area contributed by atoms with Gasteiger partial charge < -0.3 is 4.74 Å². The van der Waals surface area contributed by atoms with Crippen molar-refractivity contribution in [3.63, 3.8) is 0 Å². The Morgan fingerprint density at radius 3 is 1.12 bits per heavy atom. The molecule has 0 spiro atoms. The topological polar surface area (TPSA) is 9.23 Å². The summed E-state index contributed by atoms with van der Waals surface area (Å²) in [6, 6.07) is 0. The van der Waals surface area contributed by atoms with Crippen LogP contribution in [0.4, 0.5) is 0 Å². The van der Waals surface area contributed by atoms with Gasteiger partial charge in [0.05, 0.1) is 10.8 Å². The predicted octanol–water partition coefficient (Wildman–Crippen LogP) is 7.92. The van der Waals surface area contributed by atoms with Crippen LogP contribution in [-0.2, 0) is 4.74 Å². The second-order valence-corrected chi connectivity index (χ2v) is 12.8. The highest BCUT2D eigenvalue weighted by Gasteiger charge is 2.72. The van der Waals surface area contributed by atoms with E-state index >= 15 is 0 Å². The molecule has 0 aromatic rings. The Morgan fingerprint density at radius 2 is 0.840 bits per heavy atom. The zero-order valence-corrected chi connectivity index (χ0v) is 20.5. The average Bonchev–Trinajstić information content (AvgIpc) is 2.46. The maximum Gasteiger partial charge on any atom is 0.199 e. The molecule has 0 aromatic heterocycles. The number of halogens is 12. The number of alkyl halides is 12. The molecule has 2 aliphatic rings. The molecular formula is C12H6Cl12O. The molecule has 0 N–H and O–H groups in total. The lowest BCUT2D eigenvalue weighted by atomic mass is 9.98. The van der Waals surface area contributed by atoms with Crippen LogP contribution in [0.15, 0.2) is 24.3 Å². The molecule has 0 amide bonds. The van der Waals surface area contributed by atoms with E-state index in [0.717, 1.165) is 0 Å². The second kappa shape index (κ2) is 7.26. The van der Waals surface area contributed by atoms with Gasteiger partial charge >= 0.3 is 0 Å². The van der Waals surface area contributed by atoms with E-state index in [0.29, 0.717) is 0 Å². The Bertz CT molecular complexity index is 561. The highest BCUT2D eigenvalue weighted by molar-refractivity contribution is 6.68. The van der Waals surface area contributed by atoms with E-state index in [2.05, 4.69) is 0 Å². The first-order valence-electron chi connectivity index (χ1n) is 6.22. The fraction of sp³-hybridized carbons (Fsp3) is 0.667. The van der Waals surface area contributed by atoms with Crippen LogP contribution >= 0.6 is 139 Å². The van der Waals surface area contributed by atoms with Gasteiger partial charge in [0, 0.05) is 0 Å². The summed E-state index contributed by atoms with van der Waals surface area (Å²) in [4.78, 5) is 0. The van der Waals surface area contributed by atoms with Crippen molar-refractivity contribution in [2.75, 3.05) is 0 Å². The van der Waals surface area contributed by atoms with Crippen LogP contribution in [0.25, 0.3) is 0 Å². The van der Waals surface area contributed by atoms with Gasteiger partial charge in [0.15, 0.2) is 27.5 Å². The van der Waals surface area contributed by atoms with Gasteiger partial charge in [-0.3, -0.25) is 0 Å². The largest absolute Gasteiger partial charge is 0.324 e. The molecule has 0 aromatic carbocycles. The van der Waals surface area contributed by atoms with Crippen molar-refractivity contribution < 1.29 is 4.74 Å². The van der Waals surface area contributed by atoms with Crippen molar-refractivity contribution in [1.82, 2.24) is 0 Å². The SMILES string of the molecule is ClC1C=CC(Cl)(OC2(Cl)C=CC(Cl)C(Cl)(Cl)C2(Cl)Cl)C(Cl)(Cl)C1(Cl)Cl. The van der Waals surface area contributed by atoms with Crippen LogP contribution in [0, 0.1) is 0 Å². The molecule has 0 bridgehead atoms. The Morgan fingerprint density at radius 1 is 0.560 bits per heavy atom. The molecule has 0 radical (unpaired) electrons. The second-order valence-electron chi connectivity index (χ2n) is 5.31. The summed E-state index contributed by atoms with van der Waals surface area (Å²) in [5.74, 6) is 0. The average molecular weight is 592 g/mol. The number of hydrogen-bond acceptors (Lipinski definition) is 1. The quantitative estimate of drug-likeness (QED) is 0.234. The van der Waals surface area contributed by atoms with Crippen LogP contribution in [0.3, 0.4) is 0 Å². The minimum atomic E-state index is -2.19. The van der Waals surface area contributed by atoms with Crippen molar-refractivity contribution >= 4 is 139 Å². The number of hydrogen-bond donors (Lipinski definition) is 0. The number of ether oxygens (including phenoxy) is 1. The highest BCUT2D eigenvalue weighted by atomic mass is 35.6. The lowest BCUT2D eigenvalue weighted by Gasteiger charge is -2.53. The molecule has 25 heavy (non-hydrogen) atoms. The van der Waals surface area contributed by atoms with Gasteiger partial charge in [0.25, 0.3) is 0 Å². The summed E-state index contributed by atoms with van der Waals surface area (Å²) >= 11 is 74.7. The maximum atomic E-state index is 6.44. The van der Waals surface area contributed by atoms with E-state index < -0.39 is 38.2 Å². The fourth-order valence-electron chi connectivity index (χ4n) is 2.08. The normalized spacial score (nSPS) is 43.8. The first kappa shape index (κ1) is 24.2. The van der Waals surface area contributed by atoms with Crippen LogP contribution in [0.5, 0.6) is 0 Å². The number of rotatable bonds is 2. The van der Waals surface area contributed by atoms with E-state index in [9.17, 15) is 0 Å². The van der Waals surface area contributed by atoms with Gasteiger partial charge in [-0.1, -0.05) is 128 Å². The summed E-state index contributed by atoms with van der Waals surface area (Å²) in [7, 11) is 0. The molecule has 4 unspecified atom stereocenters. The molecule has 1 nitrogen and oxygen atoms in total. The van der Waals surface area contributed by atoms with E-state index in [1.807, 2.05) is 0 Å². The lowest BCUT2D eigenvalue weighted by Crippen LogP contribution is -2.66. The van der Waals surface area contributed by atoms with Crippen LogP contribution in [0.1, 0.15) is 0 Å². The third-order valence-electron chi connectivity index (χ3n) is 3.64. The first-order chi connectivity index (χ1) is 11.0. The molecular weight excluding hydrogens is 586 g/mol. The van der Waals surface area contributed by atoms with Gasteiger partial charge in [0.2, 0.25) is 0 Å². The molecule has 13 heteroatoms. The minimum absolute atomic E-state index is 0.987. The molecule has 2 aliphatic carbocycles. The minimum Gasteiger partial charge on any atom is -0.324 e. The molecule has 4 atom stereocenters. The zero-order chi connectivity index (χ0) is 19.7. The third-order valence-corrected chi connectivity index (χ3v) is 11.6. The van der Waals surface area contributed by atoms with Crippen molar-refractivity contribution in [2.24, 2.45) is 0 Å². The van der Waals surface area contributed by atoms with Gasteiger partial charge in [-0.15, -0.1) is 23.2 Å². The zero-order valence-electron chi connectivity index (χ0n) is 11.4. The van der Waals surface area contributed by atoms with E-state index in [1.165, 1.54) is 24.3 Å². The summed E-state index contributed by atoms with van der Waals surface area (Å²) in [5, 5.41) is -6.21. The third kappa shape index (κ3) is 3.52. The van der Waals surface area contributed by atoms with E-state index in [-0.39, 0.29) is 0 Å². The van der Waals surface area contributed by atoms with Crippen molar-refractivity contribution in [3.8, 4) is 0 Å². The van der Waals surface area contributed by atoms with Crippen LogP contribution in [0.2, 0.25) is 0 Å². The van der Waals surface area contributed by atoms with Crippen LogP contribution < -0.4 is 0 Å². The summed E-state index contributed by atoms with van der Waals surface area (Å²) in [5.41, 5.74) is 0. The maximum absolute atomic E-state index is 6.44. The van der Waals surface area contributed by atoms with Crippen molar-refractivity contribution in [3.05, 3.63) is 24.3 Å². The summed E-state index contributed by atoms with van der Waals surface area (Å²) in [6.07, 6.45) is 5.09. The smallest absolute Gasteiger partial charge is 0.199 e. The molecule has 0 saturated carbocycles. The van der Waals surface area contributed by atoms with Crippen molar-refractivity contribution in [2.45, 2.75) is 38.2 Å². The van der Waals surface area contributed by atoms with Gasteiger partial charge in [-0.05, 0) is 12.2 Å². The molecule has 0 aliphatic heterocycles. The first-order valence-corrected chi connectivity index (χ1v) is 10.9. The highest BCUT2D eigenvalue weighted by Crippen LogP contribution is 2.64. The molecule has 2 rings (SSSR count). The summed E-state index contributed by atoms with van der Waals surface area (Å²) in [6.45, 7) is 0. The monoisotopic (exact) mass is 586 g/mol. The predicted molar refractivity (Wildman–Crippen MR) is 114 cm³/mol. The molecule has 0 saturated heterocycles. The Balaban J connectivity index is 2.54. The summed E-state index contributed by atoms with van der Waals surface area (Å²) < 4.78 is -2.63. The lowest BCUT2D eigenvalue weighted by molar-refractivity contribution is -0.0395. The Labute approximate surface area is 204 Å². The fourth-order valence-corrected chi connectivity index (χ4v) is 5.43. The molecule has 0 fully saturated rings. The van der Waals surface area contributed by atoms with E-state index in [4.69, 9.17) is 144 Å². The Kier molecular flexibility index (Phi) is 7.02. The van der Waals surface area contributed by atoms with Gasteiger partial charge in [0.1, 0.15) is 0 Å².